The maximum Gasteiger partial charge on any atom is 0.292 e. The highest BCUT2D eigenvalue weighted by Gasteiger charge is 2.29. The molecular formula is C18H30N2O3. The molecule has 130 valence electrons. The number of Topliss-reactive ketones (excluding diaryl/α,β-unsaturated/α-hetero) is 1. The Hall–Kier alpha value is -1.91. The number of aryl methyl sites for hydroxylation is 1. The van der Waals surface area contributed by atoms with Gasteiger partial charge in [0.1, 0.15) is 11.5 Å². The number of carbonyl (C=O) groups excluding carboxylic acids is 1. The molecule has 0 spiro atoms. The van der Waals surface area contributed by atoms with Gasteiger partial charge in [0.2, 0.25) is 0 Å². The summed E-state index contributed by atoms with van der Waals surface area (Å²) < 4.78 is 0. The summed E-state index contributed by atoms with van der Waals surface area (Å²) in [5, 5.41) is 10.7. The Morgan fingerprint density at radius 1 is 1.22 bits per heavy atom. The van der Waals surface area contributed by atoms with Gasteiger partial charge in [-0.3, -0.25) is 14.9 Å². The molecule has 0 bridgehead atoms. The quantitative estimate of drug-likeness (QED) is 0.348. The van der Waals surface area contributed by atoms with E-state index >= 15 is 0 Å². The van der Waals surface area contributed by atoms with Gasteiger partial charge in [0, 0.05) is 11.5 Å². The first-order chi connectivity index (χ1) is 10.6. The van der Waals surface area contributed by atoms with Crippen molar-refractivity contribution in [2.24, 2.45) is 0 Å². The average Bonchev–Trinajstić information content (AvgIpc) is 2.47. The van der Waals surface area contributed by atoms with Crippen molar-refractivity contribution in [3.63, 3.8) is 0 Å². The molecule has 1 aromatic rings. The molecule has 0 heterocycles. The summed E-state index contributed by atoms with van der Waals surface area (Å²) in [5.74, 6) is -0.00569. The highest BCUT2D eigenvalue weighted by molar-refractivity contribution is 5.88. The Morgan fingerprint density at radius 2 is 1.70 bits per heavy atom. The van der Waals surface area contributed by atoms with Crippen LogP contribution in [0.5, 0.6) is 0 Å². The first kappa shape index (κ1) is 21.1. The van der Waals surface area contributed by atoms with E-state index < -0.39 is 10.3 Å². The molecule has 0 unspecified atom stereocenters. The highest BCUT2D eigenvalue weighted by atomic mass is 16.6. The van der Waals surface area contributed by atoms with E-state index in [-0.39, 0.29) is 17.2 Å². The van der Waals surface area contributed by atoms with Crippen LogP contribution in [0.25, 0.3) is 0 Å². The lowest BCUT2D eigenvalue weighted by atomic mass is 9.78. The van der Waals surface area contributed by atoms with E-state index in [2.05, 4.69) is 13.8 Å². The fraction of sp³-hybridized carbons (Fsp3) is 0.611. The van der Waals surface area contributed by atoms with Gasteiger partial charge >= 0.3 is 0 Å². The maximum atomic E-state index is 11.6. The maximum absolute atomic E-state index is 11.6. The van der Waals surface area contributed by atoms with Crippen molar-refractivity contribution >= 4 is 17.2 Å². The van der Waals surface area contributed by atoms with Crippen molar-refractivity contribution in [3.8, 4) is 0 Å². The smallest absolute Gasteiger partial charge is 0.292 e. The fourth-order valence-electron chi connectivity index (χ4n) is 2.23. The minimum Gasteiger partial charge on any atom is -0.393 e. The molecule has 1 rings (SSSR count). The molecule has 0 aromatic heterocycles. The van der Waals surface area contributed by atoms with Crippen LogP contribution in [-0.2, 0) is 10.2 Å². The van der Waals surface area contributed by atoms with Crippen LogP contribution in [0.4, 0.5) is 11.4 Å². The predicted octanol–water partition coefficient (Wildman–Crippen LogP) is 4.94. The number of carbonyl (C=O) groups is 1. The van der Waals surface area contributed by atoms with E-state index in [1.807, 2.05) is 0 Å². The Balaban J connectivity index is 0.000000688. The first-order valence-corrected chi connectivity index (χ1v) is 8.15. The number of nitro benzene ring substituents is 1. The number of unbranched alkanes of at least 4 members (excludes halogenated alkanes) is 3. The van der Waals surface area contributed by atoms with Crippen molar-refractivity contribution in [1.29, 1.82) is 0 Å². The summed E-state index contributed by atoms with van der Waals surface area (Å²) >= 11 is 0. The number of anilines is 1. The summed E-state index contributed by atoms with van der Waals surface area (Å²) in [7, 11) is 0. The minimum atomic E-state index is -0.687. The molecule has 0 saturated carbocycles. The standard InChI is InChI=1S/C12H16N2O3.C6H14/c1-7-5-11(14(16)17)10(13)6-9(7)12(3,4)8(2)15;1-3-5-6-4-2/h5-6H,13H2,1-4H3;3-6H2,1-2H3. The second-order valence-corrected chi connectivity index (χ2v) is 6.37. The van der Waals surface area contributed by atoms with Crippen LogP contribution >= 0.6 is 0 Å². The van der Waals surface area contributed by atoms with Gasteiger partial charge < -0.3 is 5.73 Å². The summed E-state index contributed by atoms with van der Waals surface area (Å²) in [6, 6.07) is 2.93. The highest BCUT2D eigenvalue weighted by Crippen LogP contribution is 2.33. The number of nitro groups is 1. The molecule has 23 heavy (non-hydrogen) atoms. The van der Waals surface area contributed by atoms with Crippen molar-refractivity contribution in [2.45, 2.75) is 72.6 Å². The van der Waals surface area contributed by atoms with Gasteiger partial charge in [-0.25, -0.2) is 0 Å². The molecule has 0 fully saturated rings. The van der Waals surface area contributed by atoms with E-state index in [9.17, 15) is 14.9 Å². The number of nitrogens with two attached hydrogens (primary N) is 1. The summed E-state index contributed by atoms with van der Waals surface area (Å²) in [6.45, 7) is 11.3. The Morgan fingerprint density at radius 3 is 2.04 bits per heavy atom. The summed E-state index contributed by atoms with van der Waals surface area (Å²) in [4.78, 5) is 21.8. The zero-order chi connectivity index (χ0) is 18.2. The van der Waals surface area contributed by atoms with E-state index in [1.165, 1.54) is 44.7 Å². The van der Waals surface area contributed by atoms with Gasteiger partial charge in [0.25, 0.3) is 5.69 Å². The van der Waals surface area contributed by atoms with Crippen LogP contribution < -0.4 is 5.73 Å². The Bertz CT molecular complexity index is 547. The third kappa shape index (κ3) is 6.00. The molecule has 2 N–H and O–H groups in total. The molecule has 5 nitrogen and oxygen atoms in total. The number of nitrogen functional groups attached to an aromatic ring is 1. The van der Waals surface area contributed by atoms with Gasteiger partial charge in [-0.15, -0.1) is 0 Å². The number of benzene rings is 1. The zero-order valence-electron chi connectivity index (χ0n) is 15.2. The second-order valence-electron chi connectivity index (χ2n) is 6.37. The third-order valence-corrected chi connectivity index (χ3v) is 4.08. The molecule has 0 aliphatic heterocycles. The van der Waals surface area contributed by atoms with Crippen molar-refractivity contribution in [1.82, 2.24) is 0 Å². The third-order valence-electron chi connectivity index (χ3n) is 4.08. The van der Waals surface area contributed by atoms with E-state index in [0.29, 0.717) is 5.56 Å². The SMILES string of the molecule is CC(=O)C(C)(C)c1cc(N)c([N+](=O)[O-])cc1C.CCCCCC. The molecule has 0 atom stereocenters. The monoisotopic (exact) mass is 322 g/mol. The molecule has 0 amide bonds. The van der Waals surface area contributed by atoms with Crippen molar-refractivity contribution in [3.05, 3.63) is 33.4 Å². The van der Waals surface area contributed by atoms with Gasteiger partial charge in [0.05, 0.1) is 4.92 Å². The molecule has 5 heteroatoms. The van der Waals surface area contributed by atoms with Crippen LogP contribution in [0.2, 0.25) is 0 Å². The van der Waals surface area contributed by atoms with Crippen LogP contribution in [0.15, 0.2) is 12.1 Å². The minimum absolute atomic E-state index is 0.00569. The largest absolute Gasteiger partial charge is 0.393 e. The average molecular weight is 322 g/mol. The number of hydrogen-bond acceptors (Lipinski definition) is 4. The first-order valence-electron chi connectivity index (χ1n) is 8.15. The van der Waals surface area contributed by atoms with Crippen LogP contribution in [0.1, 0.15) is 71.4 Å². The van der Waals surface area contributed by atoms with Crippen molar-refractivity contribution < 1.29 is 9.72 Å². The van der Waals surface area contributed by atoms with E-state index in [1.54, 1.807) is 20.8 Å². The van der Waals surface area contributed by atoms with Crippen LogP contribution in [-0.4, -0.2) is 10.7 Å². The van der Waals surface area contributed by atoms with E-state index in [4.69, 9.17) is 5.73 Å². The summed E-state index contributed by atoms with van der Waals surface area (Å²) in [6.07, 6.45) is 5.54. The van der Waals surface area contributed by atoms with Gasteiger partial charge in [-0.2, -0.15) is 0 Å². The Labute approximate surface area is 139 Å². The van der Waals surface area contributed by atoms with Gasteiger partial charge in [-0.05, 0) is 44.9 Å². The molecule has 0 radical (unpaired) electrons. The second kappa shape index (κ2) is 9.28. The molecular weight excluding hydrogens is 292 g/mol. The lowest BCUT2D eigenvalue weighted by Crippen LogP contribution is -2.27. The molecule has 0 aliphatic carbocycles. The van der Waals surface area contributed by atoms with Gasteiger partial charge in [0.15, 0.2) is 0 Å². The lowest BCUT2D eigenvalue weighted by Gasteiger charge is -2.24. The Kier molecular flexibility index (Phi) is 8.51. The predicted molar refractivity (Wildman–Crippen MR) is 95.8 cm³/mol. The number of rotatable bonds is 6. The topological polar surface area (TPSA) is 86.2 Å². The normalized spacial score (nSPS) is 10.7. The zero-order valence-corrected chi connectivity index (χ0v) is 15.2. The molecule has 1 aromatic carbocycles. The lowest BCUT2D eigenvalue weighted by molar-refractivity contribution is -0.384. The van der Waals surface area contributed by atoms with Crippen molar-refractivity contribution in [2.75, 3.05) is 5.73 Å². The van der Waals surface area contributed by atoms with Crippen LogP contribution in [0.3, 0.4) is 0 Å². The van der Waals surface area contributed by atoms with Crippen LogP contribution in [0, 0.1) is 17.0 Å². The summed E-state index contributed by atoms with van der Waals surface area (Å²) in [5.41, 5.74) is 6.35. The van der Waals surface area contributed by atoms with E-state index in [0.717, 1.165) is 5.56 Å². The van der Waals surface area contributed by atoms with Gasteiger partial charge in [-0.1, -0.05) is 39.5 Å². The number of hydrogen-bond donors (Lipinski definition) is 1. The number of ketones is 1. The molecule has 0 aliphatic rings. The fourth-order valence-corrected chi connectivity index (χ4v) is 2.23. The number of nitrogens with zero attached hydrogens (tertiary/aromatic N) is 1. The molecule has 0 saturated heterocycles.